The second kappa shape index (κ2) is 4.57. The summed E-state index contributed by atoms with van der Waals surface area (Å²) in [4.78, 5) is 20.7. The number of hydrogen-bond donors (Lipinski definition) is 1. The van der Waals surface area contributed by atoms with Crippen molar-refractivity contribution in [3.05, 3.63) is 38.0 Å². The zero-order valence-corrected chi connectivity index (χ0v) is 10.3. The molecule has 0 atom stereocenters. The van der Waals surface area contributed by atoms with E-state index in [1.54, 1.807) is 6.92 Å². The lowest BCUT2D eigenvalue weighted by Gasteiger charge is -2.12. The van der Waals surface area contributed by atoms with Gasteiger partial charge in [0.1, 0.15) is 5.82 Å². The van der Waals surface area contributed by atoms with Gasteiger partial charge in [-0.2, -0.15) is 0 Å². The van der Waals surface area contributed by atoms with Crippen LogP contribution in [-0.2, 0) is 13.1 Å². The van der Waals surface area contributed by atoms with Crippen molar-refractivity contribution in [2.75, 3.05) is 6.54 Å². The number of aromatic amines is 1. The fraction of sp³-hybridized carbons (Fsp3) is 0.400. The molecule has 4 nitrogen and oxygen atoms in total. The summed E-state index contributed by atoms with van der Waals surface area (Å²) in [5, 5.41) is 0.558. The van der Waals surface area contributed by atoms with Crippen molar-refractivity contribution in [2.45, 2.75) is 20.0 Å². The van der Waals surface area contributed by atoms with Crippen molar-refractivity contribution in [3.63, 3.8) is 0 Å². The van der Waals surface area contributed by atoms with E-state index >= 15 is 0 Å². The van der Waals surface area contributed by atoms with Crippen LogP contribution in [0, 0.1) is 6.92 Å². The van der Waals surface area contributed by atoms with Crippen molar-refractivity contribution in [2.24, 2.45) is 0 Å². The van der Waals surface area contributed by atoms with Gasteiger partial charge >= 0.3 is 0 Å². The molecular formula is C10H11Cl2N3O. The lowest BCUT2D eigenvalue weighted by molar-refractivity contribution is 0.312. The van der Waals surface area contributed by atoms with Crippen molar-refractivity contribution in [1.82, 2.24) is 14.9 Å². The summed E-state index contributed by atoms with van der Waals surface area (Å²) in [6.45, 7) is 3.52. The van der Waals surface area contributed by atoms with E-state index < -0.39 is 0 Å². The van der Waals surface area contributed by atoms with Crippen molar-refractivity contribution < 1.29 is 0 Å². The maximum absolute atomic E-state index is 11.6. The zero-order chi connectivity index (χ0) is 11.7. The molecule has 0 amide bonds. The number of aromatic nitrogens is 2. The fourth-order valence-electron chi connectivity index (χ4n) is 1.81. The average molecular weight is 260 g/mol. The van der Waals surface area contributed by atoms with Gasteiger partial charge in [-0.15, -0.1) is 0 Å². The maximum Gasteiger partial charge on any atom is 0.255 e. The Hall–Kier alpha value is -0.840. The molecule has 0 fully saturated rings. The standard InChI is InChI=1S/C10H11Cl2N3O/c1-6-13-9-5-15(3-7(12)2-11)4-8(9)10(16)14-6/h2H,3-5H2,1H3,(H,13,14,16). The molecule has 0 aromatic carbocycles. The van der Waals surface area contributed by atoms with Crippen molar-refractivity contribution in [1.29, 1.82) is 0 Å². The molecule has 0 saturated heterocycles. The zero-order valence-electron chi connectivity index (χ0n) is 8.76. The molecule has 2 heterocycles. The predicted molar refractivity (Wildman–Crippen MR) is 63.5 cm³/mol. The highest BCUT2D eigenvalue weighted by molar-refractivity contribution is 6.36. The first-order valence-electron chi connectivity index (χ1n) is 4.86. The molecule has 0 aliphatic carbocycles. The second-order valence-corrected chi connectivity index (χ2v) is 4.48. The summed E-state index contributed by atoms with van der Waals surface area (Å²) in [5.41, 5.74) is 2.84. The average Bonchev–Trinajstić information content (AvgIpc) is 2.60. The van der Waals surface area contributed by atoms with Crippen LogP contribution >= 0.6 is 23.2 Å². The summed E-state index contributed by atoms with van der Waals surface area (Å²) in [7, 11) is 0. The first-order chi connectivity index (χ1) is 7.60. The van der Waals surface area contributed by atoms with E-state index in [0.29, 0.717) is 30.5 Å². The summed E-state index contributed by atoms with van der Waals surface area (Å²) in [6, 6.07) is 0. The molecule has 1 aliphatic heterocycles. The number of rotatable bonds is 2. The molecule has 0 radical (unpaired) electrons. The van der Waals surface area contributed by atoms with Gasteiger partial charge in [0.15, 0.2) is 0 Å². The molecule has 16 heavy (non-hydrogen) atoms. The first-order valence-corrected chi connectivity index (χ1v) is 5.67. The largest absolute Gasteiger partial charge is 0.310 e. The topological polar surface area (TPSA) is 49.0 Å². The predicted octanol–water partition coefficient (Wildman–Crippen LogP) is 1.71. The molecule has 1 aromatic heterocycles. The molecule has 0 spiro atoms. The van der Waals surface area contributed by atoms with E-state index in [0.717, 1.165) is 11.3 Å². The summed E-state index contributed by atoms with van der Waals surface area (Å²) < 4.78 is 0. The van der Waals surface area contributed by atoms with E-state index in [1.165, 1.54) is 5.54 Å². The van der Waals surface area contributed by atoms with Crippen molar-refractivity contribution in [3.8, 4) is 0 Å². The highest BCUT2D eigenvalue weighted by atomic mass is 35.5. The molecule has 0 bridgehead atoms. The molecule has 2 rings (SSSR count). The van der Waals surface area contributed by atoms with Crippen LogP contribution in [0.25, 0.3) is 0 Å². The van der Waals surface area contributed by atoms with E-state index in [-0.39, 0.29) is 5.56 Å². The number of nitrogens with one attached hydrogen (secondary N) is 1. The Morgan fingerprint density at radius 2 is 2.38 bits per heavy atom. The fourth-order valence-corrected chi connectivity index (χ4v) is 2.05. The molecule has 1 aromatic rings. The minimum atomic E-state index is -0.0593. The number of H-pyrrole nitrogens is 1. The van der Waals surface area contributed by atoms with Gasteiger partial charge in [-0.05, 0) is 6.92 Å². The maximum atomic E-state index is 11.6. The summed E-state index contributed by atoms with van der Waals surface area (Å²) in [6.07, 6.45) is 0. The van der Waals surface area contributed by atoms with Crippen LogP contribution in [0.15, 0.2) is 15.4 Å². The molecular weight excluding hydrogens is 249 g/mol. The van der Waals surface area contributed by atoms with Gasteiger partial charge < -0.3 is 4.98 Å². The highest BCUT2D eigenvalue weighted by Crippen LogP contribution is 2.19. The van der Waals surface area contributed by atoms with Gasteiger partial charge in [-0.1, -0.05) is 23.2 Å². The van der Waals surface area contributed by atoms with E-state index in [4.69, 9.17) is 23.2 Å². The molecule has 1 N–H and O–H groups in total. The van der Waals surface area contributed by atoms with Gasteiger partial charge in [0.25, 0.3) is 5.56 Å². The Labute approximate surface area is 103 Å². The summed E-state index contributed by atoms with van der Waals surface area (Å²) >= 11 is 11.3. The molecule has 6 heteroatoms. The number of aryl methyl sites for hydroxylation is 1. The first kappa shape index (κ1) is 11.6. The second-order valence-electron chi connectivity index (χ2n) is 3.78. The molecule has 1 aliphatic rings. The monoisotopic (exact) mass is 259 g/mol. The highest BCUT2D eigenvalue weighted by Gasteiger charge is 2.23. The van der Waals surface area contributed by atoms with Crippen LogP contribution in [0.4, 0.5) is 0 Å². The van der Waals surface area contributed by atoms with Crippen LogP contribution in [0.5, 0.6) is 0 Å². The van der Waals surface area contributed by atoms with E-state index in [1.807, 2.05) is 4.90 Å². The lowest BCUT2D eigenvalue weighted by Crippen LogP contribution is -2.19. The Balaban J connectivity index is 2.21. The number of nitrogens with zero attached hydrogens (tertiary/aromatic N) is 2. The number of halogens is 2. The van der Waals surface area contributed by atoms with E-state index in [9.17, 15) is 4.79 Å². The Morgan fingerprint density at radius 1 is 1.62 bits per heavy atom. The van der Waals surface area contributed by atoms with E-state index in [2.05, 4.69) is 9.97 Å². The van der Waals surface area contributed by atoms with Crippen LogP contribution in [0.1, 0.15) is 17.1 Å². The SMILES string of the molecule is Cc1nc2c(c(=O)[nH]1)CN(CC(Cl)=CCl)C2. The van der Waals surface area contributed by atoms with Crippen LogP contribution < -0.4 is 5.56 Å². The number of fused-ring (bicyclic) bond motifs is 1. The third-order valence-electron chi connectivity index (χ3n) is 2.47. The Bertz CT molecular complexity index is 495. The molecule has 86 valence electrons. The molecule has 0 saturated carbocycles. The normalized spacial score (nSPS) is 16.6. The lowest BCUT2D eigenvalue weighted by atomic mass is 10.3. The van der Waals surface area contributed by atoms with Gasteiger partial charge in [-0.3, -0.25) is 9.69 Å². The number of hydrogen-bond acceptors (Lipinski definition) is 3. The molecule has 0 unspecified atom stereocenters. The van der Waals surface area contributed by atoms with Gasteiger partial charge in [0.05, 0.1) is 11.3 Å². The van der Waals surface area contributed by atoms with Crippen molar-refractivity contribution >= 4 is 23.2 Å². The Morgan fingerprint density at radius 3 is 3.06 bits per heavy atom. The smallest absolute Gasteiger partial charge is 0.255 e. The third kappa shape index (κ3) is 2.29. The van der Waals surface area contributed by atoms with Gasteiger partial charge in [0, 0.05) is 30.2 Å². The Kier molecular flexibility index (Phi) is 3.33. The summed E-state index contributed by atoms with van der Waals surface area (Å²) in [5.74, 6) is 0.643. The van der Waals surface area contributed by atoms with Gasteiger partial charge in [-0.25, -0.2) is 4.98 Å². The third-order valence-corrected chi connectivity index (χ3v) is 3.07. The van der Waals surface area contributed by atoms with Crippen LogP contribution in [0.2, 0.25) is 0 Å². The minimum Gasteiger partial charge on any atom is -0.310 e. The van der Waals surface area contributed by atoms with Gasteiger partial charge in [0.2, 0.25) is 0 Å². The van der Waals surface area contributed by atoms with Crippen LogP contribution in [-0.4, -0.2) is 21.4 Å². The minimum absolute atomic E-state index is 0.0593. The quantitative estimate of drug-likeness (QED) is 0.880. The van der Waals surface area contributed by atoms with Crippen LogP contribution in [0.3, 0.4) is 0 Å².